The Morgan fingerprint density at radius 2 is 2.05 bits per heavy atom. The minimum atomic E-state index is -0.143. The van der Waals surface area contributed by atoms with Gasteiger partial charge in [-0.25, -0.2) is 4.79 Å². The van der Waals surface area contributed by atoms with Crippen LogP contribution in [0.2, 0.25) is 0 Å². The van der Waals surface area contributed by atoms with Crippen molar-refractivity contribution in [1.82, 2.24) is 19.3 Å². The van der Waals surface area contributed by atoms with Crippen LogP contribution in [0.3, 0.4) is 0 Å². The van der Waals surface area contributed by atoms with Gasteiger partial charge >= 0.3 is 5.69 Å². The number of benzene rings is 1. The monoisotopic (exact) mass is 300 g/mol. The smallest absolute Gasteiger partial charge is 0.333 e. The van der Waals surface area contributed by atoms with E-state index < -0.39 is 0 Å². The third kappa shape index (κ3) is 2.71. The Bertz CT molecular complexity index is 817. The van der Waals surface area contributed by atoms with Gasteiger partial charge in [0, 0.05) is 19.0 Å². The summed E-state index contributed by atoms with van der Waals surface area (Å²) in [5, 5.41) is 3.79. The summed E-state index contributed by atoms with van der Waals surface area (Å²) in [7, 11) is 1.56. The Morgan fingerprint density at radius 1 is 1.27 bits per heavy atom. The van der Waals surface area contributed by atoms with E-state index in [1.165, 1.54) is 0 Å². The van der Waals surface area contributed by atoms with Gasteiger partial charge in [-0.05, 0) is 19.1 Å². The molecule has 0 aliphatic heterocycles. The van der Waals surface area contributed by atoms with Crippen molar-refractivity contribution < 1.29 is 9.26 Å². The van der Waals surface area contributed by atoms with E-state index in [2.05, 4.69) is 10.1 Å². The third-order valence-electron chi connectivity index (χ3n) is 3.24. The maximum Gasteiger partial charge on any atom is 0.333 e. The molecule has 0 aliphatic rings. The fourth-order valence-electron chi connectivity index (χ4n) is 2.31. The van der Waals surface area contributed by atoms with Crippen LogP contribution in [0.1, 0.15) is 17.4 Å². The van der Waals surface area contributed by atoms with Gasteiger partial charge in [0.25, 0.3) is 0 Å². The Morgan fingerprint density at radius 3 is 2.77 bits per heavy atom. The lowest BCUT2D eigenvalue weighted by atomic mass is 10.3. The second kappa shape index (κ2) is 5.98. The molecule has 0 atom stereocenters. The SMILES string of the molecule is COCc1noc(Cn2cc(C)n(-c3ccccc3)c2=O)n1. The molecule has 2 heterocycles. The average molecular weight is 300 g/mol. The summed E-state index contributed by atoms with van der Waals surface area (Å²) >= 11 is 0. The maximum atomic E-state index is 12.5. The molecule has 0 aliphatic carbocycles. The van der Waals surface area contributed by atoms with E-state index in [9.17, 15) is 4.79 Å². The van der Waals surface area contributed by atoms with Gasteiger partial charge in [-0.1, -0.05) is 23.4 Å². The first kappa shape index (κ1) is 14.3. The summed E-state index contributed by atoms with van der Waals surface area (Å²) in [4.78, 5) is 16.7. The Balaban J connectivity index is 1.91. The van der Waals surface area contributed by atoms with E-state index in [-0.39, 0.29) is 18.8 Å². The van der Waals surface area contributed by atoms with Crippen LogP contribution in [-0.2, 0) is 17.9 Å². The van der Waals surface area contributed by atoms with Gasteiger partial charge < -0.3 is 9.26 Å². The number of imidazole rings is 1. The minimum absolute atomic E-state index is 0.143. The number of nitrogens with zero attached hydrogens (tertiary/aromatic N) is 4. The van der Waals surface area contributed by atoms with Crippen molar-refractivity contribution >= 4 is 0 Å². The molecule has 0 saturated carbocycles. The highest BCUT2D eigenvalue weighted by Crippen LogP contribution is 2.09. The molecule has 2 aromatic heterocycles. The topological polar surface area (TPSA) is 75.1 Å². The van der Waals surface area contributed by atoms with Crippen LogP contribution in [0.25, 0.3) is 5.69 Å². The molecule has 3 rings (SSSR count). The van der Waals surface area contributed by atoms with Crippen molar-refractivity contribution in [2.45, 2.75) is 20.1 Å². The summed E-state index contributed by atoms with van der Waals surface area (Å²) in [6.45, 7) is 2.40. The number of ether oxygens (including phenoxy) is 1. The van der Waals surface area contributed by atoms with E-state index in [1.54, 1.807) is 22.4 Å². The molecule has 0 spiro atoms. The number of aromatic nitrogens is 4. The molecule has 0 N–H and O–H groups in total. The molecule has 0 unspecified atom stereocenters. The predicted molar refractivity (Wildman–Crippen MR) is 78.9 cm³/mol. The lowest BCUT2D eigenvalue weighted by Gasteiger charge is -2.02. The van der Waals surface area contributed by atoms with Gasteiger partial charge in [0.15, 0.2) is 5.82 Å². The van der Waals surface area contributed by atoms with Gasteiger partial charge in [-0.3, -0.25) is 9.13 Å². The van der Waals surface area contributed by atoms with Crippen LogP contribution in [0.5, 0.6) is 0 Å². The molecule has 0 amide bonds. The van der Waals surface area contributed by atoms with Crippen LogP contribution in [-0.4, -0.2) is 26.4 Å². The molecule has 0 radical (unpaired) electrons. The van der Waals surface area contributed by atoms with E-state index in [0.29, 0.717) is 11.7 Å². The van der Waals surface area contributed by atoms with E-state index in [4.69, 9.17) is 9.26 Å². The van der Waals surface area contributed by atoms with Gasteiger partial charge in [0.05, 0.1) is 5.69 Å². The van der Waals surface area contributed by atoms with Gasteiger partial charge in [-0.15, -0.1) is 0 Å². The molecule has 3 aromatic rings. The number of rotatable bonds is 5. The standard InChI is InChI=1S/C15H16N4O3/c1-11-8-18(9-14-16-13(10-21-2)17-22-14)15(20)19(11)12-6-4-3-5-7-12/h3-8H,9-10H2,1-2H3. The number of para-hydroxylation sites is 1. The second-order valence-electron chi connectivity index (χ2n) is 4.89. The first-order valence-electron chi connectivity index (χ1n) is 6.83. The zero-order chi connectivity index (χ0) is 15.5. The van der Waals surface area contributed by atoms with Crippen LogP contribution in [0.4, 0.5) is 0 Å². The zero-order valence-corrected chi connectivity index (χ0v) is 12.4. The lowest BCUT2D eigenvalue weighted by molar-refractivity contribution is 0.174. The number of hydrogen-bond acceptors (Lipinski definition) is 5. The summed E-state index contributed by atoms with van der Waals surface area (Å²) < 4.78 is 13.3. The van der Waals surface area contributed by atoms with Crippen LogP contribution in [0.15, 0.2) is 45.8 Å². The van der Waals surface area contributed by atoms with Crippen LogP contribution >= 0.6 is 0 Å². The van der Waals surface area contributed by atoms with E-state index in [1.807, 2.05) is 37.3 Å². The fraction of sp³-hybridized carbons (Fsp3) is 0.267. The lowest BCUT2D eigenvalue weighted by Crippen LogP contribution is -2.24. The largest absolute Gasteiger partial charge is 0.377 e. The minimum Gasteiger partial charge on any atom is -0.377 e. The molecule has 7 heteroatoms. The third-order valence-corrected chi connectivity index (χ3v) is 3.24. The maximum absolute atomic E-state index is 12.5. The highest BCUT2D eigenvalue weighted by Gasteiger charge is 2.13. The van der Waals surface area contributed by atoms with Crippen LogP contribution < -0.4 is 5.69 Å². The van der Waals surface area contributed by atoms with Crippen molar-refractivity contribution in [1.29, 1.82) is 0 Å². The highest BCUT2D eigenvalue weighted by molar-refractivity contribution is 5.33. The van der Waals surface area contributed by atoms with Gasteiger partial charge in [0.2, 0.25) is 5.89 Å². The van der Waals surface area contributed by atoms with Crippen molar-refractivity contribution in [3.8, 4) is 5.69 Å². The Labute approximate surface area is 126 Å². The molecule has 0 fully saturated rings. The van der Waals surface area contributed by atoms with E-state index >= 15 is 0 Å². The van der Waals surface area contributed by atoms with Gasteiger partial charge in [0.1, 0.15) is 13.2 Å². The number of methoxy groups -OCH3 is 1. The Kier molecular flexibility index (Phi) is 3.88. The molecule has 22 heavy (non-hydrogen) atoms. The molecule has 0 bridgehead atoms. The molecule has 1 aromatic carbocycles. The average Bonchev–Trinajstić information content (AvgIpc) is 3.06. The van der Waals surface area contributed by atoms with Crippen molar-refractivity contribution in [3.05, 3.63) is 64.4 Å². The normalized spacial score (nSPS) is 11.0. The van der Waals surface area contributed by atoms with Crippen molar-refractivity contribution in [3.63, 3.8) is 0 Å². The molecular formula is C15H16N4O3. The van der Waals surface area contributed by atoms with Crippen molar-refractivity contribution in [2.75, 3.05) is 7.11 Å². The number of aryl methyl sites for hydroxylation is 1. The first-order chi connectivity index (χ1) is 10.7. The number of hydrogen-bond donors (Lipinski definition) is 0. The zero-order valence-electron chi connectivity index (χ0n) is 12.4. The molecule has 7 nitrogen and oxygen atoms in total. The van der Waals surface area contributed by atoms with Crippen LogP contribution in [0, 0.1) is 6.92 Å². The quantitative estimate of drug-likeness (QED) is 0.714. The summed E-state index contributed by atoms with van der Waals surface area (Å²) in [5.41, 5.74) is 1.53. The second-order valence-corrected chi connectivity index (χ2v) is 4.89. The van der Waals surface area contributed by atoms with Crippen molar-refractivity contribution in [2.24, 2.45) is 0 Å². The summed E-state index contributed by atoms with van der Waals surface area (Å²) in [6, 6.07) is 9.49. The highest BCUT2D eigenvalue weighted by atomic mass is 16.5. The predicted octanol–water partition coefficient (Wildman–Crippen LogP) is 1.53. The molecule has 114 valence electrons. The summed E-state index contributed by atoms with van der Waals surface area (Å²) in [6.07, 6.45) is 1.77. The Hall–Kier alpha value is -2.67. The molecular weight excluding hydrogens is 284 g/mol. The van der Waals surface area contributed by atoms with E-state index in [0.717, 1.165) is 11.4 Å². The fourth-order valence-corrected chi connectivity index (χ4v) is 2.31. The summed E-state index contributed by atoms with van der Waals surface area (Å²) in [5.74, 6) is 0.837. The van der Waals surface area contributed by atoms with Gasteiger partial charge in [-0.2, -0.15) is 4.98 Å². The first-order valence-corrected chi connectivity index (χ1v) is 6.83. The molecule has 0 saturated heterocycles.